The van der Waals surface area contributed by atoms with Gasteiger partial charge in [-0.1, -0.05) is 90.2 Å². The van der Waals surface area contributed by atoms with E-state index in [1.165, 1.54) is 6.07 Å². The van der Waals surface area contributed by atoms with E-state index in [-0.39, 0.29) is 5.00 Å². The molecule has 148 valence electrons. The highest BCUT2D eigenvalue weighted by atomic mass is 32.1. The normalized spacial score (nSPS) is 17.0. The van der Waals surface area contributed by atoms with Crippen LogP contribution in [0.5, 0.6) is 5.75 Å². The molecule has 0 unspecified atom stereocenters. The summed E-state index contributed by atoms with van der Waals surface area (Å²) in [5, 5.41) is 11.3. The summed E-state index contributed by atoms with van der Waals surface area (Å²) in [7, 11) is 0. The van der Waals surface area contributed by atoms with Crippen molar-refractivity contribution < 1.29 is 14.4 Å². The van der Waals surface area contributed by atoms with Crippen LogP contribution < -0.4 is 4.74 Å². The minimum absolute atomic E-state index is 0.0566. The maximum absolute atomic E-state index is 11.2. The van der Waals surface area contributed by atoms with Crippen molar-refractivity contribution in [3.05, 3.63) is 129 Å². The number of hydrogen-bond acceptors (Lipinski definition) is 5. The molecular formula is C24H17NO4S. The minimum atomic E-state index is -0.916. The highest BCUT2D eigenvalue weighted by molar-refractivity contribution is 7.15. The molecule has 2 heterocycles. The molecule has 0 amide bonds. The van der Waals surface area contributed by atoms with E-state index < -0.39 is 16.8 Å². The number of para-hydroxylation sites is 1. The molecule has 1 aliphatic rings. The molecule has 0 fully saturated rings. The van der Waals surface area contributed by atoms with E-state index in [1.54, 1.807) is 6.07 Å². The third-order valence-electron chi connectivity index (χ3n) is 5.17. The fourth-order valence-electron chi connectivity index (χ4n) is 3.87. The average molecular weight is 415 g/mol. The molecule has 0 radical (unpaired) electrons. The van der Waals surface area contributed by atoms with E-state index in [1.807, 2.05) is 84.9 Å². The van der Waals surface area contributed by atoms with Gasteiger partial charge in [-0.15, -0.1) is 0 Å². The summed E-state index contributed by atoms with van der Waals surface area (Å²) in [5.41, 5.74) is 1.90. The Kier molecular flexibility index (Phi) is 4.58. The van der Waals surface area contributed by atoms with Crippen LogP contribution >= 0.6 is 11.3 Å². The highest BCUT2D eigenvalue weighted by Gasteiger charge is 2.46. The lowest BCUT2D eigenvalue weighted by Crippen LogP contribution is -2.39. The number of hydrogen-bond donors (Lipinski definition) is 0. The molecule has 0 saturated heterocycles. The van der Waals surface area contributed by atoms with Gasteiger partial charge in [0.25, 0.3) is 0 Å². The van der Waals surface area contributed by atoms with Gasteiger partial charge in [-0.25, -0.2) is 0 Å². The quantitative estimate of drug-likeness (QED) is 0.300. The van der Waals surface area contributed by atoms with E-state index in [4.69, 9.17) is 9.47 Å². The first-order chi connectivity index (χ1) is 14.7. The SMILES string of the molecule is O=[N+]([O-])c1ccc([C@H]2Oc3ccccc3C(c3ccccc3)(c3ccccc3)O2)s1. The molecule has 1 aliphatic heterocycles. The van der Waals surface area contributed by atoms with Gasteiger partial charge in [0.2, 0.25) is 6.29 Å². The number of thiophene rings is 1. The second-order valence-electron chi connectivity index (χ2n) is 6.91. The van der Waals surface area contributed by atoms with E-state index in [9.17, 15) is 10.1 Å². The monoisotopic (exact) mass is 415 g/mol. The van der Waals surface area contributed by atoms with Gasteiger partial charge in [-0.2, -0.15) is 0 Å². The van der Waals surface area contributed by atoms with Crippen LogP contribution in [-0.4, -0.2) is 4.92 Å². The van der Waals surface area contributed by atoms with Crippen LogP contribution in [-0.2, 0) is 10.3 Å². The first-order valence-electron chi connectivity index (χ1n) is 9.47. The van der Waals surface area contributed by atoms with Crippen LogP contribution in [0.3, 0.4) is 0 Å². The van der Waals surface area contributed by atoms with Crippen LogP contribution in [0.15, 0.2) is 97.1 Å². The molecule has 4 aromatic rings. The Hall–Kier alpha value is -3.48. The molecule has 0 aliphatic carbocycles. The Morgan fingerprint density at radius 1 is 0.800 bits per heavy atom. The maximum atomic E-state index is 11.2. The Bertz CT molecular complexity index is 1150. The summed E-state index contributed by atoms with van der Waals surface area (Å²) in [6.07, 6.45) is -0.779. The van der Waals surface area contributed by atoms with Gasteiger partial charge in [0, 0.05) is 11.6 Å². The van der Waals surface area contributed by atoms with Crippen molar-refractivity contribution in [2.24, 2.45) is 0 Å². The summed E-state index contributed by atoms with van der Waals surface area (Å²) in [5.74, 6) is 0.692. The van der Waals surface area contributed by atoms with Gasteiger partial charge in [0.15, 0.2) is 5.60 Å². The van der Waals surface area contributed by atoms with Crippen molar-refractivity contribution >= 4 is 16.3 Å². The predicted octanol–water partition coefficient (Wildman–Crippen LogP) is 6.06. The third-order valence-corrected chi connectivity index (χ3v) is 6.23. The van der Waals surface area contributed by atoms with Crippen LogP contribution in [0.4, 0.5) is 5.00 Å². The summed E-state index contributed by atoms with van der Waals surface area (Å²) in [6, 6.07) is 30.9. The van der Waals surface area contributed by atoms with E-state index >= 15 is 0 Å². The van der Waals surface area contributed by atoms with Crippen molar-refractivity contribution in [1.29, 1.82) is 0 Å². The number of benzene rings is 3. The molecule has 5 nitrogen and oxygen atoms in total. The fourth-order valence-corrected chi connectivity index (χ4v) is 4.65. The van der Waals surface area contributed by atoms with Crippen molar-refractivity contribution in [3.63, 3.8) is 0 Å². The average Bonchev–Trinajstić information content (AvgIpc) is 3.30. The summed E-state index contributed by atoms with van der Waals surface area (Å²) >= 11 is 1.06. The minimum Gasteiger partial charge on any atom is -0.459 e. The van der Waals surface area contributed by atoms with Gasteiger partial charge in [0.1, 0.15) is 5.75 Å². The Balaban J connectivity index is 1.74. The second kappa shape index (κ2) is 7.40. The van der Waals surface area contributed by atoms with Crippen LogP contribution in [0.2, 0.25) is 0 Å². The molecule has 30 heavy (non-hydrogen) atoms. The molecule has 0 N–H and O–H groups in total. The molecule has 3 aromatic carbocycles. The zero-order valence-corrected chi connectivity index (χ0v) is 16.6. The Labute approximate surface area is 177 Å². The molecule has 1 atom stereocenters. The van der Waals surface area contributed by atoms with Crippen LogP contribution in [0, 0.1) is 10.1 Å². The largest absolute Gasteiger partial charge is 0.459 e. The molecular weight excluding hydrogens is 398 g/mol. The van der Waals surface area contributed by atoms with Gasteiger partial charge in [-0.3, -0.25) is 10.1 Å². The van der Waals surface area contributed by atoms with Crippen molar-refractivity contribution in [3.8, 4) is 5.75 Å². The van der Waals surface area contributed by atoms with Crippen molar-refractivity contribution in [1.82, 2.24) is 0 Å². The van der Waals surface area contributed by atoms with E-state index in [2.05, 4.69) is 0 Å². The lowest BCUT2D eigenvalue weighted by molar-refractivity contribution is -0.380. The number of fused-ring (bicyclic) bond motifs is 1. The maximum Gasteiger partial charge on any atom is 0.324 e. The van der Waals surface area contributed by atoms with Crippen LogP contribution in [0.25, 0.3) is 0 Å². The van der Waals surface area contributed by atoms with E-state index in [0.717, 1.165) is 28.0 Å². The Morgan fingerprint density at radius 2 is 1.40 bits per heavy atom. The lowest BCUT2D eigenvalue weighted by Gasteiger charge is -2.43. The molecule has 1 aromatic heterocycles. The van der Waals surface area contributed by atoms with Gasteiger partial charge in [-0.05, 0) is 23.3 Å². The highest BCUT2D eigenvalue weighted by Crippen LogP contribution is 2.52. The molecule has 5 rings (SSSR count). The smallest absolute Gasteiger partial charge is 0.324 e. The number of nitro groups is 1. The molecule has 6 heteroatoms. The second-order valence-corrected chi connectivity index (χ2v) is 8.00. The standard InChI is InChI=1S/C24H17NO4S/c26-25(27)22-16-15-21(30-22)23-28-20-14-8-7-13-19(20)24(29-23,17-9-3-1-4-10-17)18-11-5-2-6-12-18/h1-16,23H/t23-/m0/s1. The zero-order chi connectivity index (χ0) is 20.6. The van der Waals surface area contributed by atoms with Crippen molar-refractivity contribution in [2.45, 2.75) is 11.9 Å². The summed E-state index contributed by atoms with van der Waals surface area (Å²) in [6.45, 7) is 0. The first kappa shape index (κ1) is 18.5. The third kappa shape index (κ3) is 2.98. The topological polar surface area (TPSA) is 61.6 Å². The summed E-state index contributed by atoms with van der Waals surface area (Å²) < 4.78 is 12.9. The van der Waals surface area contributed by atoms with E-state index in [0.29, 0.717) is 10.6 Å². The van der Waals surface area contributed by atoms with Crippen LogP contribution in [0.1, 0.15) is 27.9 Å². The zero-order valence-electron chi connectivity index (χ0n) is 15.8. The number of rotatable bonds is 4. The molecule has 0 bridgehead atoms. The van der Waals surface area contributed by atoms with Gasteiger partial charge < -0.3 is 9.47 Å². The van der Waals surface area contributed by atoms with Crippen molar-refractivity contribution in [2.75, 3.05) is 0 Å². The molecule has 0 saturated carbocycles. The molecule has 0 spiro atoms. The predicted molar refractivity (Wildman–Crippen MR) is 115 cm³/mol. The lowest BCUT2D eigenvalue weighted by atomic mass is 9.79. The number of ether oxygens (including phenoxy) is 2. The van der Waals surface area contributed by atoms with Gasteiger partial charge in [0.05, 0.1) is 9.80 Å². The number of nitrogens with zero attached hydrogens (tertiary/aromatic N) is 1. The summed E-state index contributed by atoms with van der Waals surface area (Å²) in [4.78, 5) is 11.4. The first-order valence-corrected chi connectivity index (χ1v) is 10.3. The Morgan fingerprint density at radius 3 is 2.00 bits per heavy atom. The fraction of sp³-hybridized carbons (Fsp3) is 0.0833. The van der Waals surface area contributed by atoms with Gasteiger partial charge >= 0.3 is 5.00 Å².